The van der Waals surface area contributed by atoms with Crippen LogP contribution in [0.1, 0.15) is 15.9 Å². The van der Waals surface area contributed by atoms with E-state index in [1.165, 1.54) is 18.2 Å². The first-order chi connectivity index (χ1) is 10.1. The minimum absolute atomic E-state index is 0.0297. The van der Waals surface area contributed by atoms with E-state index in [-0.39, 0.29) is 23.6 Å². The summed E-state index contributed by atoms with van der Waals surface area (Å²) in [5.74, 6) is -0.448. The third kappa shape index (κ3) is 3.97. The molecule has 2 aromatic rings. The van der Waals surface area contributed by atoms with Gasteiger partial charge in [-0.1, -0.05) is 30.3 Å². The molecule has 21 heavy (non-hydrogen) atoms. The highest BCUT2D eigenvalue weighted by molar-refractivity contribution is 5.99. The molecule has 0 radical (unpaired) electrons. The van der Waals surface area contributed by atoms with E-state index < -0.39 is 11.9 Å². The minimum Gasteiger partial charge on any atom is -0.508 e. The van der Waals surface area contributed by atoms with Crippen molar-refractivity contribution in [2.75, 3.05) is 12.3 Å². The van der Waals surface area contributed by atoms with Crippen molar-refractivity contribution in [1.82, 2.24) is 5.32 Å². The molecule has 0 aliphatic heterocycles. The van der Waals surface area contributed by atoms with Gasteiger partial charge in [0.2, 0.25) is 0 Å². The fourth-order valence-corrected chi connectivity index (χ4v) is 2.06. The molecule has 0 aliphatic rings. The number of rotatable bonds is 5. The van der Waals surface area contributed by atoms with Gasteiger partial charge in [-0.2, -0.15) is 0 Å². The Labute approximate surface area is 123 Å². The van der Waals surface area contributed by atoms with Crippen LogP contribution in [0.3, 0.4) is 0 Å². The Morgan fingerprint density at radius 3 is 2.57 bits per heavy atom. The third-order valence-corrected chi connectivity index (χ3v) is 3.16. The van der Waals surface area contributed by atoms with Gasteiger partial charge in [-0.15, -0.1) is 0 Å². The van der Waals surface area contributed by atoms with Gasteiger partial charge in [0, 0.05) is 5.69 Å². The van der Waals surface area contributed by atoms with E-state index in [9.17, 15) is 15.0 Å². The van der Waals surface area contributed by atoms with Crippen molar-refractivity contribution in [3.63, 3.8) is 0 Å². The molecule has 0 saturated carbocycles. The van der Waals surface area contributed by atoms with Crippen LogP contribution in [0.15, 0.2) is 48.5 Å². The monoisotopic (exact) mass is 286 g/mol. The summed E-state index contributed by atoms with van der Waals surface area (Å²) in [6.07, 6.45) is 0.516. The van der Waals surface area contributed by atoms with Crippen LogP contribution >= 0.6 is 0 Å². The van der Waals surface area contributed by atoms with Gasteiger partial charge >= 0.3 is 0 Å². The Hall–Kier alpha value is -2.53. The summed E-state index contributed by atoms with van der Waals surface area (Å²) in [5, 5.41) is 21.6. The molecule has 110 valence electrons. The van der Waals surface area contributed by atoms with E-state index in [2.05, 4.69) is 5.32 Å². The Kier molecular flexibility index (Phi) is 4.79. The van der Waals surface area contributed by atoms with Crippen LogP contribution in [-0.4, -0.2) is 28.8 Å². The number of hydrogen-bond acceptors (Lipinski definition) is 4. The van der Waals surface area contributed by atoms with Crippen molar-refractivity contribution in [1.29, 1.82) is 0 Å². The van der Waals surface area contributed by atoms with Gasteiger partial charge in [0.05, 0.1) is 18.2 Å². The van der Waals surface area contributed by atoms with Crippen LogP contribution in [0.25, 0.3) is 0 Å². The lowest BCUT2D eigenvalue weighted by atomic mass is 10.1. The molecule has 2 rings (SSSR count). The summed E-state index contributed by atoms with van der Waals surface area (Å²) >= 11 is 0. The molecule has 0 saturated heterocycles. The molecule has 5 heteroatoms. The van der Waals surface area contributed by atoms with E-state index in [4.69, 9.17) is 5.73 Å². The number of benzene rings is 2. The smallest absolute Gasteiger partial charge is 0.253 e. The van der Waals surface area contributed by atoms with Crippen LogP contribution in [-0.2, 0) is 6.42 Å². The lowest BCUT2D eigenvalue weighted by Crippen LogP contribution is -2.39. The topological polar surface area (TPSA) is 95.6 Å². The number of carbonyl (C=O) groups is 1. The molecule has 0 spiro atoms. The molecular formula is C16H18N2O3. The lowest BCUT2D eigenvalue weighted by molar-refractivity contribution is 0.0917. The Bertz CT molecular complexity index is 614. The summed E-state index contributed by atoms with van der Waals surface area (Å²) in [6.45, 7) is -0.181. The molecule has 1 atom stereocenters. The van der Waals surface area contributed by atoms with Gasteiger partial charge in [0.15, 0.2) is 0 Å². The van der Waals surface area contributed by atoms with Gasteiger partial charge < -0.3 is 21.3 Å². The second-order valence-electron chi connectivity index (χ2n) is 4.81. The van der Waals surface area contributed by atoms with E-state index in [0.29, 0.717) is 6.42 Å². The molecule has 5 nitrogen and oxygen atoms in total. The predicted octanol–water partition coefficient (Wildman–Crippen LogP) is 1.31. The van der Waals surface area contributed by atoms with Crippen molar-refractivity contribution in [2.45, 2.75) is 12.5 Å². The molecular weight excluding hydrogens is 268 g/mol. The maximum atomic E-state index is 12.2. The van der Waals surface area contributed by atoms with Gasteiger partial charge in [0.25, 0.3) is 5.91 Å². The molecule has 5 N–H and O–H groups in total. The number of nitrogen functional groups attached to an aromatic ring is 1. The molecule has 0 fully saturated rings. The normalized spacial score (nSPS) is 11.9. The molecule has 0 heterocycles. The number of anilines is 1. The summed E-state index contributed by atoms with van der Waals surface area (Å²) in [4.78, 5) is 12.2. The summed E-state index contributed by atoms with van der Waals surface area (Å²) in [5.41, 5.74) is 7.22. The zero-order valence-electron chi connectivity index (χ0n) is 11.5. The molecule has 0 bridgehead atoms. The fraction of sp³-hybridized carbons (Fsp3) is 0.188. The molecule has 1 amide bonds. The number of aliphatic hydroxyl groups excluding tert-OH is 1. The van der Waals surface area contributed by atoms with Crippen molar-refractivity contribution >= 4 is 11.6 Å². The van der Waals surface area contributed by atoms with Crippen LogP contribution in [0, 0.1) is 0 Å². The van der Waals surface area contributed by atoms with Crippen molar-refractivity contribution in [3.05, 3.63) is 59.7 Å². The average Bonchev–Trinajstić information content (AvgIpc) is 2.50. The van der Waals surface area contributed by atoms with Crippen molar-refractivity contribution in [3.8, 4) is 5.75 Å². The Balaban J connectivity index is 2.07. The number of nitrogens with one attached hydrogen (secondary N) is 1. The largest absolute Gasteiger partial charge is 0.508 e. The second-order valence-corrected chi connectivity index (χ2v) is 4.81. The number of hydrogen-bond donors (Lipinski definition) is 4. The van der Waals surface area contributed by atoms with E-state index in [1.54, 1.807) is 0 Å². The number of aromatic hydroxyl groups is 1. The van der Waals surface area contributed by atoms with Crippen LogP contribution in [0.4, 0.5) is 5.69 Å². The fourth-order valence-electron chi connectivity index (χ4n) is 2.06. The summed E-state index contributed by atoms with van der Waals surface area (Å²) < 4.78 is 0. The van der Waals surface area contributed by atoms with Gasteiger partial charge in [-0.3, -0.25) is 4.79 Å². The van der Waals surface area contributed by atoms with Gasteiger partial charge in [-0.25, -0.2) is 0 Å². The van der Waals surface area contributed by atoms with E-state index >= 15 is 0 Å². The SMILES string of the molecule is Nc1ccc(O)cc1C(=O)N[C@@H](CO)Cc1ccccc1. The molecule has 0 aromatic heterocycles. The minimum atomic E-state index is -0.418. The lowest BCUT2D eigenvalue weighted by Gasteiger charge is -2.17. The first-order valence-corrected chi connectivity index (χ1v) is 6.64. The maximum Gasteiger partial charge on any atom is 0.253 e. The van der Waals surface area contributed by atoms with Gasteiger partial charge in [-0.05, 0) is 30.2 Å². The summed E-state index contributed by atoms with van der Waals surface area (Å²) in [6, 6.07) is 13.3. The zero-order valence-corrected chi connectivity index (χ0v) is 11.5. The number of amides is 1. The number of nitrogens with two attached hydrogens (primary N) is 1. The second kappa shape index (κ2) is 6.76. The predicted molar refractivity (Wildman–Crippen MR) is 81.0 cm³/mol. The third-order valence-electron chi connectivity index (χ3n) is 3.16. The Morgan fingerprint density at radius 2 is 1.90 bits per heavy atom. The Morgan fingerprint density at radius 1 is 1.19 bits per heavy atom. The van der Waals surface area contributed by atoms with E-state index in [1.807, 2.05) is 30.3 Å². The van der Waals surface area contributed by atoms with Crippen molar-refractivity contribution < 1.29 is 15.0 Å². The summed E-state index contributed by atoms with van der Waals surface area (Å²) in [7, 11) is 0. The first-order valence-electron chi connectivity index (χ1n) is 6.64. The highest BCUT2D eigenvalue weighted by Crippen LogP contribution is 2.18. The van der Waals surface area contributed by atoms with Crippen molar-refractivity contribution in [2.24, 2.45) is 0 Å². The van der Waals surface area contributed by atoms with E-state index in [0.717, 1.165) is 5.56 Å². The molecule has 0 aliphatic carbocycles. The molecule has 0 unspecified atom stereocenters. The standard InChI is InChI=1S/C16H18N2O3/c17-15-7-6-13(20)9-14(15)16(21)18-12(10-19)8-11-4-2-1-3-5-11/h1-7,9,12,19-20H,8,10,17H2,(H,18,21)/t12-/m1/s1. The van der Waals surface area contributed by atoms with Gasteiger partial charge in [0.1, 0.15) is 5.75 Å². The number of carbonyl (C=O) groups excluding carboxylic acids is 1. The maximum absolute atomic E-state index is 12.2. The van der Waals surface area contributed by atoms with Crippen LogP contribution in [0.2, 0.25) is 0 Å². The number of phenolic OH excluding ortho intramolecular Hbond substituents is 1. The zero-order chi connectivity index (χ0) is 15.2. The quantitative estimate of drug-likeness (QED) is 0.492. The first kappa shape index (κ1) is 14.9. The highest BCUT2D eigenvalue weighted by atomic mass is 16.3. The average molecular weight is 286 g/mol. The molecule has 2 aromatic carbocycles. The van der Waals surface area contributed by atoms with Crippen LogP contribution < -0.4 is 11.1 Å². The number of aliphatic hydroxyl groups is 1. The number of phenols is 1. The van der Waals surface area contributed by atoms with Crippen LogP contribution in [0.5, 0.6) is 5.75 Å². The highest BCUT2D eigenvalue weighted by Gasteiger charge is 2.16.